The Morgan fingerprint density at radius 1 is 1.20 bits per heavy atom. The number of hydrogen-bond acceptors (Lipinski definition) is 3. The predicted octanol–water partition coefficient (Wildman–Crippen LogP) is 3.06. The van der Waals surface area contributed by atoms with E-state index < -0.39 is 11.5 Å². The third kappa shape index (κ3) is 3.10. The van der Waals surface area contributed by atoms with Crippen molar-refractivity contribution in [3.05, 3.63) is 82.1 Å². The van der Waals surface area contributed by atoms with Gasteiger partial charge in [-0.15, -0.1) is 0 Å². The molecule has 2 atom stereocenters. The molecule has 0 unspecified atom stereocenters. The second-order valence-corrected chi connectivity index (χ2v) is 6.07. The Morgan fingerprint density at radius 3 is 2.80 bits per heavy atom. The van der Waals surface area contributed by atoms with Gasteiger partial charge in [-0.05, 0) is 48.4 Å². The van der Waals surface area contributed by atoms with Crippen LogP contribution in [0.4, 0.5) is 4.39 Å². The predicted molar refractivity (Wildman–Crippen MR) is 89.8 cm³/mol. The molecule has 0 aliphatic heterocycles. The fourth-order valence-electron chi connectivity index (χ4n) is 2.93. The van der Waals surface area contributed by atoms with Crippen molar-refractivity contribution in [1.82, 2.24) is 10.3 Å². The maximum absolute atomic E-state index is 13.3. The normalized spacial score (nSPS) is 18.8. The van der Waals surface area contributed by atoms with E-state index in [9.17, 15) is 14.0 Å². The molecule has 4 rings (SSSR count). The van der Waals surface area contributed by atoms with Crippen LogP contribution in [0.5, 0.6) is 0 Å². The molecule has 1 amide bonds. The van der Waals surface area contributed by atoms with Crippen LogP contribution in [0.1, 0.15) is 28.3 Å². The average molecular weight is 338 g/mol. The van der Waals surface area contributed by atoms with Crippen LogP contribution in [0.2, 0.25) is 0 Å². The van der Waals surface area contributed by atoms with E-state index in [2.05, 4.69) is 10.3 Å². The summed E-state index contributed by atoms with van der Waals surface area (Å²) >= 11 is 0. The number of aromatic nitrogens is 1. The van der Waals surface area contributed by atoms with Gasteiger partial charge in [0.25, 0.3) is 11.5 Å². The summed E-state index contributed by atoms with van der Waals surface area (Å²) in [4.78, 5) is 27.1. The topological polar surface area (TPSA) is 75.1 Å². The van der Waals surface area contributed by atoms with Crippen molar-refractivity contribution in [2.45, 2.75) is 18.4 Å². The van der Waals surface area contributed by atoms with E-state index in [-0.39, 0.29) is 23.3 Å². The standard InChI is InChI=1S/C19H15FN2O3/c20-12-4-1-3-11(9-12)14-10-16(14)22-19(24)13-6-7-15(21-18(13)23)17-5-2-8-25-17/h1-9,14,16H,10H2,(H,21,23)(H,22,24)/t14-,16+/m1/s1. The fraction of sp³-hybridized carbons (Fsp3) is 0.158. The molecule has 126 valence electrons. The van der Waals surface area contributed by atoms with Crippen LogP contribution in [-0.2, 0) is 0 Å². The molecule has 0 bridgehead atoms. The highest BCUT2D eigenvalue weighted by atomic mass is 19.1. The molecule has 25 heavy (non-hydrogen) atoms. The summed E-state index contributed by atoms with van der Waals surface area (Å²) in [5, 5.41) is 2.83. The van der Waals surface area contributed by atoms with Crippen molar-refractivity contribution >= 4 is 5.91 Å². The molecule has 0 saturated heterocycles. The summed E-state index contributed by atoms with van der Waals surface area (Å²) in [6, 6.07) is 12.8. The first-order valence-electron chi connectivity index (χ1n) is 7.95. The first kappa shape index (κ1) is 15.4. The largest absolute Gasteiger partial charge is 0.463 e. The van der Waals surface area contributed by atoms with E-state index in [1.54, 1.807) is 24.3 Å². The molecule has 6 heteroatoms. The summed E-state index contributed by atoms with van der Waals surface area (Å²) in [6.45, 7) is 0. The number of pyridine rings is 1. The summed E-state index contributed by atoms with van der Waals surface area (Å²) in [6.07, 6.45) is 2.24. The van der Waals surface area contributed by atoms with Crippen LogP contribution in [0.25, 0.3) is 11.5 Å². The lowest BCUT2D eigenvalue weighted by Gasteiger charge is -2.05. The second-order valence-electron chi connectivity index (χ2n) is 6.07. The maximum Gasteiger partial charge on any atom is 0.261 e. The zero-order chi connectivity index (χ0) is 17.4. The van der Waals surface area contributed by atoms with Crippen molar-refractivity contribution in [2.75, 3.05) is 0 Å². The molecule has 1 fully saturated rings. The summed E-state index contributed by atoms with van der Waals surface area (Å²) in [7, 11) is 0. The Bertz CT molecular complexity index is 978. The molecule has 5 nitrogen and oxygen atoms in total. The Hall–Kier alpha value is -3.15. The molecule has 0 spiro atoms. The summed E-state index contributed by atoms with van der Waals surface area (Å²) in [5.41, 5.74) is 0.928. The quantitative estimate of drug-likeness (QED) is 0.768. The molecule has 1 aromatic carbocycles. The van der Waals surface area contributed by atoms with Gasteiger partial charge in [0.15, 0.2) is 0 Å². The van der Waals surface area contributed by atoms with Gasteiger partial charge in [-0.3, -0.25) is 9.59 Å². The van der Waals surface area contributed by atoms with Gasteiger partial charge in [-0.25, -0.2) is 4.39 Å². The van der Waals surface area contributed by atoms with Gasteiger partial charge in [0.2, 0.25) is 0 Å². The van der Waals surface area contributed by atoms with Gasteiger partial charge >= 0.3 is 0 Å². The number of furan rings is 1. The number of amides is 1. The van der Waals surface area contributed by atoms with Crippen LogP contribution in [-0.4, -0.2) is 16.9 Å². The van der Waals surface area contributed by atoms with Gasteiger partial charge in [0.05, 0.1) is 12.0 Å². The average Bonchev–Trinajstić information content (AvgIpc) is 3.14. The van der Waals surface area contributed by atoms with E-state index in [4.69, 9.17) is 4.42 Å². The lowest BCUT2D eigenvalue weighted by atomic mass is 10.1. The smallest absolute Gasteiger partial charge is 0.261 e. The molecular formula is C19H15FN2O3. The van der Waals surface area contributed by atoms with Crippen LogP contribution in [0.3, 0.4) is 0 Å². The highest BCUT2D eigenvalue weighted by molar-refractivity contribution is 5.94. The van der Waals surface area contributed by atoms with E-state index >= 15 is 0 Å². The molecule has 2 aromatic heterocycles. The highest BCUT2D eigenvalue weighted by Crippen LogP contribution is 2.40. The molecule has 2 N–H and O–H groups in total. The van der Waals surface area contributed by atoms with Gasteiger partial charge in [0.1, 0.15) is 17.1 Å². The minimum absolute atomic E-state index is 0.0419. The van der Waals surface area contributed by atoms with Crippen molar-refractivity contribution < 1.29 is 13.6 Å². The minimum Gasteiger partial charge on any atom is -0.463 e. The van der Waals surface area contributed by atoms with Gasteiger partial charge in [-0.2, -0.15) is 0 Å². The summed E-state index contributed by atoms with van der Waals surface area (Å²) in [5.74, 6) is -0.117. The number of aromatic amines is 1. The van der Waals surface area contributed by atoms with Crippen LogP contribution in [0, 0.1) is 5.82 Å². The molecule has 1 aliphatic rings. The molecule has 1 aliphatic carbocycles. The van der Waals surface area contributed by atoms with Crippen molar-refractivity contribution in [2.24, 2.45) is 0 Å². The van der Waals surface area contributed by atoms with Gasteiger partial charge < -0.3 is 14.7 Å². The fourth-order valence-corrected chi connectivity index (χ4v) is 2.93. The third-order valence-corrected chi connectivity index (χ3v) is 4.32. The van der Waals surface area contributed by atoms with E-state index in [0.29, 0.717) is 11.5 Å². The molecule has 1 saturated carbocycles. The lowest BCUT2D eigenvalue weighted by molar-refractivity contribution is 0.0949. The SMILES string of the molecule is O=C(N[C@H]1C[C@@H]1c1cccc(F)c1)c1ccc(-c2ccco2)[nH]c1=O. The van der Waals surface area contributed by atoms with Crippen LogP contribution < -0.4 is 10.9 Å². The lowest BCUT2D eigenvalue weighted by Crippen LogP contribution is -2.31. The number of benzene rings is 1. The Morgan fingerprint density at radius 2 is 2.08 bits per heavy atom. The number of nitrogens with one attached hydrogen (secondary N) is 2. The van der Waals surface area contributed by atoms with Gasteiger partial charge in [0, 0.05) is 12.0 Å². The van der Waals surface area contributed by atoms with E-state index in [1.165, 1.54) is 24.5 Å². The van der Waals surface area contributed by atoms with E-state index in [1.807, 2.05) is 6.07 Å². The Kier molecular flexibility index (Phi) is 3.72. The first-order valence-corrected chi connectivity index (χ1v) is 7.95. The molecule has 2 heterocycles. The zero-order valence-corrected chi connectivity index (χ0v) is 13.2. The number of carbonyl (C=O) groups excluding carboxylic acids is 1. The monoisotopic (exact) mass is 338 g/mol. The van der Waals surface area contributed by atoms with Gasteiger partial charge in [-0.1, -0.05) is 12.1 Å². The third-order valence-electron chi connectivity index (χ3n) is 4.32. The zero-order valence-electron chi connectivity index (χ0n) is 13.2. The number of hydrogen-bond donors (Lipinski definition) is 2. The minimum atomic E-state index is -0.477. The molecule has 3 aromatic rings. The van der Waals surface area contributed by atoms with E-state index in [0.717, 1.165) is 12.0 Å². The second kappa shape index (κ2) is 6.05. The number of rotatable bonds is 4. The molecular weight excluding hydrogens is 323 g/mol. The number of halogens is 1. The first-order chi connectivity index (χ1) is 12.1. The highest BCUT2D eigenvalue weighted by Gasteiger charge is 2.40. The number of H-pyrrole nitrogens is 1. The van der Waals surface area contributed by atoms with Crippen LogP contribution in [0.15, 0.2) is 64.0 Å². The molecule has 0 radical (unpaired) electrons. The summed E-state index contributed by atoms with van der Waals surface area (Å²) < 4.78 is 18.5. The van der Waals surface area contributed by atoms with Crippen molar-refractivity contribution in [3.8, 4) is 11.5 Å². The number of carbonyl (C=O) groups is 1. The van der Waals surface area contributed by atoms with Crippen molar-refractivity contribution in [1.29, 1.82) is 0 Å². The van der Waals surface area contributed by atoms with Crippen LogP contribution >= 0.6 is 0 Å². The Balaban J connectivity index is 1.46. The Labute approximate surface area is 142 Å². The van der Waals surface area contributed by atoms with Crippen molar-refractivity contribution in [3.63, 3.8) is 0 Å². The maximum atomic E-state index is 13.3.